The van der Waals surface area contributed by atoms with Gasteiger partial charge in [0.25, 0.3) is 0 Å². The van der Waals surface area contributed by atoms with Crippen LogP contribution in [0.4, 0.5) is 17.1 Å². The van der Waals surface area contributed by atoms with Gasteiger partial charge in [-0.1, -0.05) is 194 Å². The van der Waals surface area contributed by atoms with Gasteiger partial charge < -0.3 is 9.32 Å². The average Bonchev–Trinajstić information content (AvgIpc) is 3.82. The molecular weight excluding hydrogens is 775 g/mol. The lowest BCUT2D eigenvalue weighted by atomic mass is 9.93. The molecule has 0 aliphatic carbocycles. The molecular formula is C62H43NO. The van der Waals surface area contributed by atoms with Gasteiger partial charge >= 0.3 is 0 Å². The van der Waals surface area contributed by atoms with Crippen molar-refractivity contribution in [1.29, 1.82) is 0 Å². The minimum atomic E-state index is 0.864. The molecule has 1 aromatic heterocycles. The summed E-state index contributed by atoms with van der Waals surface area (Å²) in [5.74, 6) is 0.864. The summed E-state index contributed by atoms with van der Waals surface area (Å²) in [5.41, 5.74) is 19.3. The molecule has 0 atom stereocenters. The van der Waals surface area contributed by atoms with Crippen molar-refractivity contribution in [2.24, 2.45) is 0 Å². The Bertz CT molecular complexity index is 3230. The lowest BCUT2D eigenvalue weighted by molar-refractivity contribution is 0.632. The second kappa shape index (κ2) is 17.1. The summed E-state index contributed by atoms with van der Waals surface area (Å²) in [6, 6.07) is 93.2. The third kappa shape index (κ3) is 7.81. The van der Waals surface area contributed by atoms with E-state index < -0.39 is 0 Å². The van der Waals surface area contributed by atoms with Crippen LogP contribution >= 0.6 is 0 Å². The Morgan fingerprint density at radius 3 is 1.02 bits per heavy atom. The van der Waals surface area contributed by atoms with E-state index in [1.165, 1.54) is 50.1 Å². The van der Waals surface area contributed by atoms with E-state index in [4.69, 9.17) is 4.42 Å². The van der Waals surface area contributed by atoms with Gasteiger partial charge in [-0.25, -0.2) is 0 Å². The number of hydrogen-bond donors (Lipinski definition) is 0. The van der Waals surface area contributed by atoms with Crippen molar-refractivity contribution in [2.75, 3.05) is 4.90 Å². The van der Waals surface area contributed by atoms with Gasteiger partial charge in [0.2, 0.25) is 0 Å². The van der Waals surface area contributed by atoms with Crippen molar-refractivity contribution in [2.45, 2.75) is 0 Å². The number of furan rings is 1. The molecule has 0 aliphatic rings. The summed E-state index contributed by atoms with van der Waals surface area (Å²) in [4.78, 5) is 2.34. The first-order chi connectivity index (χ1) is 31.7. The molecule has 0 spiro atoms. The van der Waals surface area contributed by atoms with Gasteiger partial charge in [0.05, 0.1) is 0 Å². The molecule has 1 heterocycles. The van der Waals surface area contributed by atoms with Gasteiger partial charge in [0.1, 0.15) is 11.3 Å². The van der Waals surface area contributed by atoms with Crippen LogP contribution in [-0.4, -0.2) is 0 Å². The molecule has 2 nitrogen and oxygen atoms in total. The van der Waals surface area contributed by atoms with Gasteiger partial charge in [-0.05, 0) is 133 Å². The third-order valence-electron chi connectivity index (χ3n) is 12.1. The van der Waals surface area contributed by atoms with E-state index in [0.29, 0.717) is 0 Å². The van der Waals surface area contributed by atoms with E-state index in [1.807, 2.05) is 18.2 Å². The smallest absolute Gasteiger partial charge is 0.136 e. The Labute approximate surface area is 374 Å². The van der Waals surface area contributed by atoms with E-state index in [0.717, 1.165) is 56.0 Å². The van der Waals surface area contributed by atoms with Crippen LogP contribution in [0.15, 0.2) is 265 Å². The van der Waals surface area contributed by atoms with Crippen LogP contribution in [0.2, 0.25) is 0 Å². The van der Waals surface area contributed by atoms with E-state index >= 15 is 0 Å². The Balaban J connectivity index is 0.963. The zero-order valence-electron chi connectivity index (χ0n) is 35.2. The van der Waals surface area contributed by atoms with Crippen molar-refractivity contribution >= 4 is 28.0 Å². The van der Waals surface area contributed by atoms with Crippen molar-refractivity contribution in [1.82, 2.24) is 0 Å². The minimum Gasteiger partial charge on any atom is -0.456 e. The second-order valence-electron chi connectivity index (χ2n) is 16.1. The predicted octanol–water partition coefficient (Wildman–Crippen LogP) is 17.6. The van der Waals surface area contributed by atoms with Crippen LogP contribution in [0.3, 0.4) is 0 Å². The molecule has 0 saturated carbocycles. The molecule has 0 fully saturated rings. The monoisotopic (exact) mass is 817 g/mol. The van der Waals surface area contributed by atoms with Crippen LogP contribution in [0.1, 0.15) is 0 Å². The maximum Gasteiger partial charge on any atom is 0.136 e. The van der Waals surface area contributed by atoms with Gasteiger partial charge in [-0.2, -0.15) is 0 Å². The highest BCUT2D eigenvalue weighted by Crippen LogP contribution is 2.41. The lowest BCUT2D eigenvalue weighted by Gasteiger charge is -2.26. The molecule has 0 saturated heterocycles. The maximum atomic E-state index is 6.35. The van der Waals surface area contributed by atoms with E-state index in [9.17, 15) is 0 Å². The van der Waals surface area contributed by atoms with E-state index in [1.54, 1.807) is 0 Å². The number of benzene rings is 10. The molecule has 2 heteroatoms. The van der Waals surface area contributed by atoms with Gasteiger partial charge in [-0.3, -0.25) is 0 Å². The molecule has 0 aliphatic heterocycles. The summed E-state index contributed by atoms with van der Waals surface area (Å²) < 4.78 is 6.35. The molecule has 64 heavy (non-hydrogen) atoms. The highest BCUT2D eigenvalue weighted by atomic mass is 16.3. The lowest BCUT2D eigenvalue weighted by Crippen LogP contribution is -2.09. The summed E-state index contributed by atoms with van der Waals surface area (Å²) >= 11 is 0. The van der Waals surface area contributed by atoms with Gasteiger partial charge in [0, 0.05) is 28.0 Å². The summed E-state index contributed by atoms with van der Waals surface area (Å²) in [5, 5.41) is 1.10. The Kier molecular flexibility index (Phi) is 10.3. The van der Waals surface area contributed by atoms with Crippen molar-refractivity contribution in [3.05, 3.63) is 261 Å². The summed E-state index contributed by atoms with van der Waals surface area (Å²) in [7, 11) is 0. The normalized spacial score (nSPS) is 11.1. The Morgan fingerprint density at radius 1 is 0.234 bits per heavy atom. The van der Waals surface area contributed by atoms with Crippen molar-refractivity contribution in [3.63, 3.8) is 0 Å². The quantitative estimate of drug-likeness (QED) is 0.137. The van der Waals surface area contributed by atoms with E-state index in [-0.39, 0.29) is 0 Å². The van der Waals surface area contributed by atoms with Crippen LogP contribution in [0.5, 0.6) is 0 Å². The SMILES string of the molecule is c1ccc(-c2ccc(-c3ccc(N(c4ccc(-c5cc(-c6ccccc6)cc(-c6ccccc6)c5)cc4)c4ccc(-c5ccccc5-c5cc6ccccc6o5)cc4)cc3)cc2)cc1. The van der Waals surface area contributed by atoms with Crippen LogP contribution in [0.25, 0.3) is 89.1 Å². The van der Waals surface area contributed by atoms with Crippen molar-refractivity contribution < 1.29 is 4.42 Å². The van der Waals surface area contributed by atoms with Gasteiger partial charge in [0.15, 0.2) is 0 Å². The largest absolute Gasteiger partial charge is 0.456 e. The first-order valence-electron chi connectivity index (χ1n) is 21.8. The number of fused-ring (bicyclic) bond motifs is 1. The number of hydrogen-bond acceptors (Lipinski definition) is 2. The molecule has 0 radical (unpaired) electrons. The van der Waals surface area contributed by atoms with Crippen LogP contribution in [-0.2, 0) is 0 Å². The molecule has 0 bridgehead atoms. The molecule has 11 aromatic rings. The summed E-state index contributed by atoms with van der Waals surface area (Å²) in [6.07, 6.45) is 0. The highest BCUT2D eigenvalue weighted by molar-refractivity contribution is 5.89. The van der Waals surface area contributed by atoms with E-state index in [2.05, 4.69) is 248 Å². The third-order valence-corrected chi connectivity index (χ3v) is 12.1. The Morgan fingerprint density at radius 2 is 0.562 bits per heavy atom. The van der Waals surface area contributed by atoms with Crippen molar-refractivity contribution in [3.8, 4) is 78.1 Å². The molecule has 11 rings (SSSR count). The standard InChI is InChI=1S/C62H43NO/c1-4-14-44(15-5-1)47-24-26-48(27-25-47)49-28-34-56(35-29-49)63(58-38-32-51(33-39-58)59-21-11-12-22-60(59)62-43-52-20-10-13-23-61(52)64-62)57-36-30-50(31-37-57)55-41-53(45-16-6-2-7-17-45)40-54(42-55)46-18-8-3-9-19-46/h1-43H. The number of rotatable bonds is 10. The first kappa shape index (κ1) is 38.5. The number of nitrogens with zero attached hydrogens (tertiary/aromatic N) is 1. The topological polar surface area (TPSA) is 16.4 Å². The molecule has 0 amide bonds. The Hall–Kier alpha value is -8.46. The predicted molar refractivity (Wildman–Crippen MR) is 269 cm³/mol. The number of anilines is 3. The summed E-state index contributed by atoms with van der Waals surface area (Å²) in [6.45, 7) is 0. The maximum absolute atomic E-state index is 6.35. The van der Waals surface area contributed by atoms with Gasteiger partial charge in [-0.15, -0.1) is 0 Å². The fourth-order valence-corrected chi connectivity index (χ4v) is 8.78. The second-order valence-corrected chi connectivity index (χ2v) is 16.1. The zero-order chi connectivity index (χ0) is 42.7. The van der Waals surface area contributed by atoms with Crippen LogP contribution < -0.4 is 4.90 Å². The molecule has 0 N–H and O–H groups in total. The first-order valence-corrected chi connectivity index (χ1v) is 21.8. The fraction of sp³-hybridized carbons (Fsp3) is 0. The minimum absolute atomic E-state index is 0.864. The molecule has 10 aromatic carbocycles. The van der Waals surface area contributed by atoms with Crippen LogP contribution in [0, 0.1) is 0 Å². The zero-order valence-corrected chi connectivity index (χ0v) is 35.2. The number of para-hydroxylation sites is 1. The highest BCUT2D eigenvalue weighted by Gasteiger charge is 2.17. The molecule has 302 valence electrons. The average molecular weight is 818 g/mol. The molecule has 0 unspecified atom stereocenters. The fourth-order valence-electron chi connectivity index (χ4n) is 8.78.